The van der Waals surface area contributed by atoms with Gasteiger partial charge < -0.3 is 29.7 Å². The Hall–Kier alpha value is -2.58. The van der Waals surface area contributed by atoms with E-state index >= 15 is 0 Å². The summed E-state index contributed by atoms with van der Waals surface area (Å²) in [6, 6.07) is 6.36. The molecule has 8 heteroatoms. The van der Waals surface area contributed by atoms with Gasteiger partial charge in [-0.25, -0.2) is 9.59 Å². The molecular weight excluding hydrogens is 350 g/mol. The van der Waals surface area contributed by atoms with Crippen molar-refractivity contribution in [1.29, 1.82) is 0 Å². The van der Waals surface area contributed by atoms with Gasteiger partial charge in [-0.2, -0.15) is 0 Å². The van der Waals surface area contributed by atoms with E-state index in [1.165, 1.54) is 4.90 Å². The zero-order valence-electron chi connectivity index (χ0n) is 15.7. The smallest absolute Gasteiger partial charge is 0.338 e. The third-order valence-electron chi connectivity index (χ3n) is 4.73. The Morgan fingerprint density at radius 3 is 2.74 bits per heavy atom. The summed E-state index contributed by atoms with van der Waals surface area (Å²) in [6.07, 6.45) is 0. The second-order valence-corrected chi connectivity index (χ2v) is 6.43. The monoisotopic (exact) mass is 376 g/mol. The Kier molecular flexibility index (Phi) is 6.31. The van der Waals surface area contributed by atoms with E-state index in [1.807, 2.05) is 18.2 Å². The van der Waals surface area contributed by atoms with E-state index in [2.05, 4.69) is 10.6 Å². The molecule has 0 aliphatic carbocycles. The lowest BCUT2D eigenvalue weighted by Gasteiger charge is -2.32. The van der Waals surface area contributed by atoms with Crippen LogP contribution < -0.4 is 20.3 Å². The van der Waals surface area contributed by atoms with Gasteiger partial charge in [-0.05, 0) is 13.0 Å². The van der Waals surface area contributed by atoms with Gasteiger partial charge in [-0.3, -0.25) is 0 Å². The van der Waals surface area contributed by atoms with Crippen LogP contribution in [0.4, 0.5) is 4.79 Å². The number of quaternary nitrogens is 1. The molecule has 1 aromatic carbocycles. The number of hydrogen-bond acceptors (Lipinski definition) is 5. The van der Waals surface area contributed by atoms with Gasteiger partial charge in [0.05, 0.1) is 44.2 Å². The Labute approximate surface area is 158 Å². The van der Waals surface area contributed by atoms with E-state index in [1.54, 1.807) is 20.1 Å². The number of para-hydroxylation sites is 1. The van der Waals surface area contributed by atoms with Crippen LogP contribution in [0.5, 0.6) is 5.75 Å². The van der Waals surface area contributed by atoms with Gasteiger partial charge in [0.1, 0.15) is 25.4 Å². The fourth-order valence-electron chi connectivity index (χ4n) is 3.43. The van der Waals surface area contributed by atoms with Crippen LogP contribution in [0.3, 0.4) is 0 Å². The Morgan fingerprint density at radius 2 is 2.04 bits per heavy atom. The number of amides is 2. The molecule has 1 aromatic rings. The van der Waals surface area contributed by atoms with Crippen molar-refractivity contribution >= 4 is 12.0 Å². The highest BCUT2D eigenvalue weighted by molar-refractivity contribution is 5.95. The Balaban J connectivity index is 2.02. The number of morpholine rings is 1. The standard InChI is InChI=1S/C19H25N3O5/c1-3-27-18(23)16-14(12-22-8-10-26-11-9-22)20-19(24)21-17(16)13-6-4-5-7-15(13)25-2/h4-7,17H,3,8-12H2,1-2H3,(H2,20,21,24)/p+1/t17-/m0/s1. The van der Waals surface area contributed by atoms with Gasteiger partial charge in [-0.15, -0.1) is 0 Å². The van der Waals surface area contributed by atoms with Crippen LogP contribution in [-0.4, -0.2) is 58.6 Å². The summed E-state index contributed by atoms with van der Waals surface area (Å²) in [5, 5.41) is 5.66. The topological polar surface area (TPSA) is 90.3 Å². The minimum atomic E-state index is -0.635. The number of benzene rings is 1. The normalized spacial score (nSPS) is 20.7. The fourth-order valence-corrected chi connectivity index (χ4v) is 3.43. The Morgan fingerprint density at radius 1 is 1.30 bits per heavy atom. The van der Waals surface area contributed by atoms with E-state index < -0.39 is 12.0 Å². The van der Waals surface area contributed by atoms with Crippen LogP contribution in [0, 0.1) is 0 Å². The maximum absolute atomic E-state index is 12.8. The molecule has 8 nitrogen and oxygen atoms in total. The molecule has 2 amide bonds. The lowest BCUT2D eigenvalue weighted by molar-refractivity contribution is -0.903. The predicted octanol–water partition coefficient (Wildman–Crippen LogP) is -0.219. The molecule has 146 valence electrons. The first-order chi connectivity index (χ1) is 13.1. The number of carbonyl (C=O) groups excluding carboxylic acids is 2. The summed E-state index contributed by atoms with van der Waals surface area (Å²) >= 11 is 0. The first-order valence-electron chi connectivity index (χ1n) is 9.16. The summed E-state index contributed by atoms with van der Waals surface area (Å²) < 4.78 is 16.1. The number of ether oxygens (including phenoxy) is 3. The third kappa shape index (κ3) is 4.40. The molecule has 2 aliphatic heterocycles. The number of methoxy groups -OCH3 is 1. The van der Waals surface area contributed by atoms with Gasteiger partial charge in [0.2, 0.25) is 0 Å². The van der Waals surface area contributed by atoms with E-state index in [9.17, 15) is 9.59 Å². The third-order valence-corrected chi connectivity index (χ3v) is 4.73. The van der Waals surface area contributed by atoms with Crippen molar-refractivity contribution in [2.45, 2.75) is 13.0 Å². The van der Waals surface area contributed by atoms with Crippen LogP contribution in [-0.2, 0) is 14.3 Å². The average molecular weight is 376 g/mol. The molecule has 0 aromatic heterocycles. The van der Waals surface area contributed by atoms with Crippen LogP contribution in [0.2, 0.25) is 0 Å². The molecule has 3 N–H and O–H groups in total. The summed E-state index contributed by atoms with van der Waals surface area (Å²) in [7, 11) is 1.56. The molecule has 0 bridgehead atoms. The molecule has 0 saturated carbocycles. The van der Waals surface area contributed by atoms with Crippen molar-refractivity contribution in [3.8, 4) is 5.75 Å². The molecule has 2 heterocycles. The molecule has 0 spiro atoms. The largest absolute Gasteiger partial charge is 0.496 e. The second-order valence-electron chi connectivity index (χ2n) is 6.43. The predicted molar refractivity (Wildman–Crippen MR) is 97.4 cm³/mol. The molecular formula is C19H26N3O5+. The maximum atomic E-state index is 12.8. The van der Waals surface area contributed by atoms with Crippen LogP contribution in [0.1, 0.15) is 18.5 Å². The summed E-state index contributed by atoms with van der Waals surface area (Å²) in [4.78, 5) is 26.4. The van der Waals surface area contributed by atoms with E-state index in [0.717, 1.165) is 13.1 Å². The molecule has 1 fully saturated rings. The Bertz CT molecular complexity index is 728. The van der Waals surface area contributed by atoms with Gasteiger partial charge in [0.15, 0.2) is 0 Å². The zero-order chi connectivity index (χ0) is 19.2. The van der Waals surface area contributed by atoms with Gasteiger partial charge >= 0.3 is 12.0 Å². The van der Waals surface area contributed by atoms with Crippen LogP contribution in [0.15, 0.2) is 35.5 Å². The van der Waals surface area contributed by atoms with Crippen molar-refractivity contribution in [3.63, 3.8) is 0 Å². The highest BCUT2D eigenvalue weighted by Crippen LogP contribution is 2.33. The zero-order valence-corrected chi connectivity index (χ0v) is 15.7. The van der Waals surface area contributed by atoms with Crippen molar-refractivity contribution in [3.05, 3.63) is 41.1 Å². The number of rotatable bonds is 6. The van der Waals surface area contributed by atoms with Crippen molar-refractivity contribution in [1.82, 2.24) is 10.6 Å². The molecule has 1 saturated heterocycles. The van der Waals surface area contributed by atoms with Crippen LogP contribution in [0.25, 0.3) is 0 Å². The van der Waals surface area contributed by atoms with E-state index in [4.69, 9.17) is 14.2 Å². The number of esters is 1. The fraction of sp³-hybridized carbons (Fsp3) is 0.474. The van der Waals surface area contributed by atoms with Crippen molar-refractivity contribution in [2.24, 2.45) is 0 Å². The lowest BCUT2D eigenvalue weighted by atomic mass is 9.94. The summed E-state index contributed by atoms with van der Waals surface area (Å²) in [5.74, 6) is 0.160. The lowest BCUT2D eigenvalue weighted by Crippen LogP contribution is -3.14. The van der Waals surface area contributed by atoms with Crippen LogP contribution >= 0.6 is 0 Å². The first-order valence-corrected chi connectivity index (χ1v) is 9.16. The van der Waals surface area contributed by atoms with Crippen molar-refractivity contribution in [2.75, 3.05) is 46.6 Å². The number of carbonyl (C=O) groups is 2. The first kappa shape index (κ1) is 19.2. The number of urea groups is 1. The van der Waals surface area contributed by atoms with Gasteiger partial charge in [0, 0.05) is 5.56 Å². The minimum Gasteiger partial charge on any atom is -0.496 e. The van der Waals surface area contributed by atoms with Gasteiger partial charge in [-0.1, -0.05) is 18.2 Å². The molecule has 0 radical (unpaired) electrons. The molecule has 1 atom stereocenters. The minimum absolute atomic E-state index is 0.257. The number of hydrogen-bond donors (Lipinski definition) is 3. The van der Waals surface area contributed by atoms with E-state index in [-0.39, 0.29) is 12.6 Å². The highest BCUT2D eigenvalue weighted by atomic mass is 16.5. The van der Waals surface area contributed by atoms with Crippen molar-refractivity contribution < 1.29 is 28.7 Å². The van der Waals surface area contributed by atoms with Gasteiger partial charge in [0.25, 0.3) is 0 Å². The summed E-state index contributed by atoms with van der Waals surface area (Å²) in [5.41, 5.74) is 1.72. The quantitative estimate of drug-likeness (QED) is 0.598. The second kappa shape index (κ2) is 8.88. The highest BCUT2D eigenvalue weighted by Gasteiger charge is 2.36. The molecule has 2 aliphatic rings. The van der Waals surface area contributed by atoms with E-state index in [0.29, 0.717) is 42.3 Å². The molecule has 3 rings (SSSR count). The SMILES string of the molecule is CCOC(=O)C1=C(C[NH+]2CCOCC2)NC(=O)N[C@H]1c1ccccc1OC. The summed E-state index contributed by atoms with van der Waals surface area (Å²) in [6.45, 7) is 5.52. The average Bonchev–Trinajstić information content (AvgIpc) is 2.68. The maximum Gasteiger partial charge on any atom is 0.338 e. The molecule has 27 heavy (non-hydrogen) atoms. The number of nitrogens with one attached hydrogen (secondary N) is 3. The molecule has 0 unspecified atom stereocenters.